The van der Waals surface area contributed by atoms with Crippen LogP contribution < -0.4 is 5.32 Å². The van der Waals surface area contributed by atoms with Crippen molar-refractivity contribution in [1.82, 2.24) is 5.32 Å². The van der Waals surface area contributed by atoms with E-state index in [4.69, 9.17) is 9.47 Å². The number of piperidine rings is 1. The highest BCUT2D eigenvalue weighted by Crippen LogP contribution is 2.29. The van der Waals surface area contributed by atoms with Crippen LogP contribution in [0, 0.1) is 5.92 Å². The zero-order chi connectivity index (χ0) is 21.8. The maximum atomic E-state index is 12.2. The van der Waals surface area contributed by atoms with Gasteiger partial charge < -0.3 is 14.8 Å². The predicted molar refractivity (Wildman–Crippen MR) is 118 cm³/mol. The van der Waals surface area contributed by atoms with Crippen LogP contribution in [0.25, 0.3) is 0 Å². The number of hydrogen-bond donors (Lipinski definition) is 1. The first-order valence-corrected chi connectivity index (χ1v) is 11.7. The minimum Gasteiger partial charge on any atom is -0.460 e. The molecule has 0 aliphatic carbocycles. The molecule has 170 valence electrons. The van der Waals surface area contributed by atoms with Crippen LogP contribution in [0.5, 0.6) is 0 Å². The fraction of sp³-hybridized carbons (Fsp3) is 0.917. The van der Waals surface area contributed by atoms with E-state index in [-0.39, 0.29) is 23.1 Å². The van der Waals surface area contributed by atoms with Gasteiger partial charge in [0.2, 0.25) is 0 Å². The smallest absolute Gasteiger partial charge is 0.306 e. The molecule has 1 heterocycles. The lowest BCUT2D eigenvalue weighted by Gasteiger charge is -2.36. The number of hydrogen-bond acceptors (Lipinski definition) is 5. The third kappa shape index (κ3) is 12.9. The first-order valence-electron chi connectivity index (χ1n) is 11.7. The SMILES string of the molecule is CC(C)(C)OC(=O)CCCCCCCCCCC(=O)OC(C)(C)C1CCNCC1. The third-order valence-corrected chi connectivity index (χ3v) is 5.63. The van der Waals surface area contributed by atoms with Gasteiger partial charge >= 0.3 is 11.9 Å². The van der Waals surface area contributed by atoms with Gasteiger partial charge in [-0.1, -0.05) is 38.5 Å². The van der Waals surface area contributed by atoms with Gasteiger partial charge in [-0.15, -0.1) is 0 Å². The largest absolute Gasteiger partial charge is 0.460 e. The summed E-state index contributed by atoms with van der Waals surface area (Å²) in [6.07, 6.45) is 11.9. The number of carbonyl (C=O) groups excluding carboxylic acids is 2. The Kier molecular flexibility index (Phi) is 11.9. The van der Waals surface area contributed by atoms with E-state index in [1.54, 1.807) is 0 Å². The van der Waals surface area contributed by atoms with Gasteiger partial charge in [0.25, 0.3) is 0 Å². The number of esters is 2. The van der Waals surface area contributed by atoms with Crippen LogP contribution >= 0.6 is 0 Å². The van der Waals surface area contributed by atoms with Crippen LogP contribution in [0.3, 0.4) is 0 Å². The highest BCUT2D eigenvalue weighted by molar-refractivity contribution is 5.70. The molecule has 0 radical (unpaired) electrons. The second-order valence-electron chi connectivity index (χ2n) is 10.0. The molecule has 5 nitrogen and oxygen atoms in total. The van der Waals surface area contributed by atoms with Crippen molar-refractivity contribution in [2.45, 2.75) is 123 Å². The molecule has 0 aromatic rings. The summed E-state index contributed by atoms with van der Waals surface area (Å²) in [6, 6.07) is 0. The first-order chi connectivity index (χ1) is 13.6. The van der Waals surface area contributed by atoms with Crippen molar-refractivity contribution in [1.29, 1.82) is 0 Å². The zero-order valence-electron chi connectivity index (χ0n) is 19.6. The Morgan fingerprint density at radius 1 is 0.724 bits per heavy atom. The highest BCUT2D eigenvalue weighted by Gasteiger charge is 2.33. The Balaban J connectivity index is 1.96. The van der Waals surface area contributed by atoms with Crippen LogP contribution in [0.1, 0.15) is 112 Å². The fourth-order valence-corrected chi connectivity index (χ4v) is 3.94. The summed E-state index contributed by atoms with van der Waals surface area (Å²) in [5.41, 5.74) is -0.731. The Hall–Kier alpha value is -1.10. The monoisotopic (exact) mass is 411 g/mol. The minimum atomic E-state index is -0.382. The zero-order valence-corrected chi connectivity index (χ0v) is 19.6. The molecule has 1 N–H and O–H groups in total. The normalized spacial score (nSPS) is 15.9. The molecule has 0 aromatic carbocycles. The van der Waals surface area contributed by atoms with Gasteiger partial charge in [0.15, 0.2) is 0 Å². The van der Waals surface area contributed by atoms with Crippen LogP contribution in [0.15, 0.2) is 0 Å². The van der Waals surface area contributed by atoms with Gasteiger partial charge in [0.1, 0.15) is 11.2 Å². The third-order valence-electron chi connectivity index (χ3n) is 5.63. The summed E-state index contributed by atoms with van der Waals surface area (Å²) in [5.74, 6) is 0.325. The molecule has 0 atom stereocenters. The number of carbonyl (C=O) groups is 2. The summed E-state index contributed by atoms with van der Waals surface area (Å²) in [5, 5.41) is 3.36. The minimum absolute atomic E-state index is 0.0457. The van der Waals surface area contributed by atoms with E-state index < -0.39 is 0 Å². The lowest BCUT2D eigenvalue weighted by Crippen LogP contribution is -2.42. The van der Waals surface area contributed by atoms with E-state index in [9.17, 15) is 9.59 Å². The van der Waals surface area contributed by atoms with Crippen molar-refractivity contribution in [3.63, 3.8) is 0 Å². The van der Waals surface area contributed by atoms with Crippen molar-refractivity contribution < 1.29 is 19.1 Å². The molecule has 5 heteroatoms. The summed E-state index contributed by atoms with van der Waals surface area (Å²) in [7, 11) is 0. The molecule has 0 spiro atoms. The quantitative estimate of drug-likeness (QED) is 0.318. The number of rotatable bonds is 13. The Morgan fingerprint density at radius 3 is 1.59 bits per heavy atom. The fourth-order valence-electron chi connectivity index (χ4n) is 3.94. The topological polar surface area (TPSA) is 64.6 Å². The second-order valence-corrected chi connectivity index (χ2v) is 10.0. The van der Waals surface area contributed by atoms with Crippen molar-refractivity contribution in [3.8, 4) is 0 Å². The molecule has 0 unspecified atom stereocenters. The van der Waals surface area contributed by atoms with E-state index in [0.29, 0.717) is 18.8 Å². The molecule has 1 rings (SSSR count). The predicted octanol–water partition coefficient (Wildman–Crippen LogP) is 5.55. The average Bonchev–Trinajstić information content (AvgIpc) is 2.62. The van der Waals surface area contributed by atoms with Crippen LogP contribution in [0.4, 0.5) is 0 Å². The second kappa shape index (κ2) is 13.3. The van der Waals surface area contributed by atoms with E-state index in [1.807, 2.05) is 20.8 Å². The number of unbranched alkanes of at least 4 members (excludes halogenated alkanes) is 7. The van der Waals surface area contributed by atoms with Crippen LogP contribution in [-0.4, -0.2) is 36.2 Å². The average molecular weight is 412 g/mol. The Bertz CT molecular complexity index is 476. The van der Waals surface area contributed by atoms with Crippen LogP contribution in [-0.2, 0) is 19.1 Å². The molecule has 1 saturated heterocycles. The molecule has 1 aliphatic heterocycles. The van der Waals surface area contributed by atoms with Crippen molar-refractivity contribution in [2.75, 3.05) is 13.1 Å². The van der Waals surface area contributed by atoms with Gasteiger partial charge in [-0.25, -0.2) is 0 Å². The van der Waals surface area contributed by atoms with Crippen molar-refractivity contribution >= 4 is 11.9 Å². The van der Waals surface area contributed by atoms with Gasteiger partial charge in [-0.05, 0) is 73.4 Å². The van der Waals surface area contributed by atoms with Crippen molar-refractivity contribution in [2.24, 2.45) is 5.92 Å². The lowest BCUT2D eigenvalue weighted by molar-refractivity contribution is -0.163. The summed E-state index contributed by atoms with van der Waals surface area (Å²) in [4.78, 5) is 23.8. The molecule has 0 amide bonds. The van der Waals surface area contributed by atoms with Gasteiger partial charge in [-0.2, -0.15) is 0 Å². The maximum Gasteiger partial charge on any atom is 0.306 e. The van der Waals surface area contributed by atoms with Crippen molar-refractivity contribution in [3.05, 3.63) is 0 Å². The molecular formula is C24H45NO4. The van der Waals surface area contributed by atoms with E-state index in [2.05, 4.69) is 19.2 Å². The van der Waals surface area contributed by atoms with Gasteiger partial charge in [0.05, 0.1) is 0 Å². The molecule has 1 aliphatic rings. The van der Waals surface area contributed by atoms with E-state index in [0.717, 1.165) is 64.5 Å². The molecule has 29 heavy (non-hydrogen) atoms. The molecule has 1 fully saturated rings. The summed E-state index contributed by atoms with van der Waals surface area (Å²) < 4.78 is 11.1. The molecule has 0 aromatic heterocycles. The molecule has 0 bridgehead atoms. The summed E-state index contributed by atoms with van der Waals surface area (Å²) in [6.45, 7) is 11.9. The molecule has 0 saturated carbocycles. The van der Waals surface area contributed by atoms with Gasteiger partial charge in [0, 0.05) is 18.8 Å². The Labute approximate surface area is 178 Å². The summed E-state index contributed by atoms with van der Waals surface area (Å²) >= 11 is 0. The number of nitrogens with one attached hydrogen (secondary N) is 1. The van der Waals surface area contributed by atoms with E-state index >= 15 is 0 Å². The highest BCUT2D eigenvalue weighted by atomic mass is 16.6. The van der Waals surface area contributed by atoms with E-state index in [1.165, 1.54) is 12.8 Å². The lowest BCUT2D eigenvalue weighted by atomic mass is 9.83. The standard InChI is InChI=1S/C24H45NO4/c1-23(2,3)28-21(26)14-12-10-8-6-7-9-11-13-15-22(27)29-24(4,5)20-16-18-25-19-17-20/h20,25H,6-19H2,1-5H3. The first kappa shape index (κ1) is 25.9. The number of ether oxygens (including phenoxy) is 2. The Morgan fingerprint density at radius 2 is 1.14 bits per heavy atom. The molecular weight excluding hydrogens is 366 g/mol. The van der Waals surface area contributed by atoms with Gasteiger partial charge in [-0.3, -0.25) is 9.59 Å². The van der Waals surface area contributed by atoms with Crippen LogP contribution in [0.2, 0.25) is 0 Å². The maximum absolute atomic E-state index is 12.2.